The third kappa shape index (κ3) is 4.14. The lowest BCUT2D eigenvalue weighted by Crippen LogP contribution is -2.47. The minimum atomic E-state index is 0.121. The van der Waals surface area contributed by atoms with Gasteiger partial charge in [0.25, 0.3) is 5.91 Å². The van der Waals surface area contributed by atoms with Crippen molar-refractivity contribution in [2.24, 2.45) is 5.92 Å². The molecule has 0 aliphatic carbocycles. The maximum atomic E-state index is 13.2. The number of piperidine rings is 1. The van der Waals surface area contributed by atoms with Gasteiger partial charge in [-0.2, -0.15) is 5.10 Å². The van der Waals surface area contributed by atoms with Gasteiger partial charge >= 0.3 is 0 Å². The maximum Gasteiger partial charge on any atom is 0.274 e. The van der Waals surface area contributed by atoms with E-state index in [2.05, 4.69) is 52.2 Å². The normalized spacial score (nSPS) is 22.4. The van der Waals surface area contributed by atoms with Crippen LogP contribution in [0.25, 0.3) is 0 Å². The smallest absolute Gasteiger partial charge is 0.274 e. The first kappa shape index (κ1) is 19.2. The Bertz CT molecular complexity index is 800. The molecule has 3 fully saturated rings. The van der Waals surface area contributed by atoms with E-state index in [-0.39, 0.29) is 5.91 Å². The summed E-state index contributed by atoms with van der Waals surface area (Å²) in [5.74, 6) is 0.713. The molecule has 0 unspecified atom stereocenters. The zero-order valence-corrected chi connectivity index (χ0v) is 17.2. The Kier molecular flexibility index (Phi) is 5.81. The van der Waals surface area contributed by atoms with Gasteiger partial charge in [0, 0.05) is 37.9 Å². The molecule has 2 atom stereocenters. The Labute approximate surface area is 168 Å². The SMILES string of the molecule is CCn1nc(C(=O)N2C[C@@H]3CC[C@H]2CN(CCCc2ccccc2)C3)cc1C. The second-order valence-electron chi connectivity index (χ2n) is 8.39. The Morgan fingerprint density at radius 1 is 1.14 bits per heavy atom. The van der Waals surface area contributed by atoms with Crippen LogP contribution in [-0.4, -0.2) is 57.7 Å². The summed E-state index contributed by atoms with van der Waals surface area (Å²) in [5.41, 5.74) is 3.09. The number of nitrogens with zero attached hydrogens (tertiary/aromatic N) is 4. The van der Waals surface area contributed by atoms with Crippen LogP contribution in [0.15, 0.2) is 36.4 Å². The van der Waals surface area contributed by atoms with Crippen LogP contribution >= 0.6 is 0 Å². The van der Waals surface area contributed by atoms with Crippen molar-refractivity contribution in [1.82, 2.24) is 19.6 Å². The minimum Gasteiger partial charge on any atom is -0.333 e. The molecule has 1 amide bonds. The predicted octanol–water partition coefficient (Wildman–Crippen LogP) is 3.38. The van der Waals surface area contributed by atoms with Crippen molar-refractivity contribution in [2.75, 3.05) is 26.2 Å². The van der Waals surface area contributed by atoms with E-state index >= 15 is 0 Å². The minimum absolute atomic E-state index is 0.121. The van der Waals surface area contributed by atoms with E-state index in [1.54, 1.807) is 0 Å². The number of benzene rings is 1. The number of hydrogen-bond donors (Lipinski definition) is 0. The standard InChI is InChI=1S/C23H32N4O/c1-3-27-18(2)14-22(24-27)23(28)26-16-20-11-12-21(26)17-25(15-20)13-7-10-19-8-5-4-6-9-19/h4-6,8-9,14,20-21H,3,7,10-13,15-17H2,1-2H3/t20-,21+/m1/s1. The highest BCUT2D eigenvalue weighted by Gasteiger charge is 2.37. The molecule has 5 rings (SSSR count). The van der Waals surface area contributed by atoms with Crippen LogP contribution in [0.3, 0.4) is 0 Å². The summed E-state index contributed by atoms with van der Waals surface area (Å²) < 4.78 is 1.92. The number of aromatic nitrogens is 2. The van der Waals surface area contributed by atoms with Gasteiger partial charge in [-0.25, -0.2) is 0 Å². The summed E-state index contributed by atoms with van der Waals surface area (Å²) in [4.78, 5) is 17.9. The molecule has 0 N–H and O–H groups in total. The lowest BCUT2D eigenvalue weighted by Gasteiger charge is -2.35. The zero-order valence-electron chi connectivity index (χ0n) is 17.2. The molecule has 3 saturated heterocycles. The average molecular weight is 381 g/mol. The average Bonchev–Trinajstić information content (AvgIpc) is 2.87. The lowest BCUT2D eigenvalue weighted by molar-refractivity contribution is 0.0578. The van der Waals surface area contributed by atoms with E-state index in [9.17, 15) is 4.79 Å². The molecule has 4 heterocycles. The first-order chi connectivity index (χ1) is 13.6. The van der Waals surface area contributed by atoms with Crippen molar-refractivity contribution in [2.45, 2.75) is 52.1 Å². The Morgan fingerprint density at radius 3 is 2.71 bits per heavy atom. The third-order valence-corrected chi connectivity index (χ3v) is 6.33. The van der Waals surface area contributed by atoms with Crippen LogP contribution in [0, 0.1) is 12.8 Å². The van der Waals surface area contributed by atoms with Crippen molar-refractivity contribution in [3.05, 3.63) is 53.3 Å². The van der Waals surface area contributed by atoms with E-state index in [1.165, 1.54) is 18.4 Å². The molecule has 0 spiro atoms. The van der Waals surface area contributed by atoms with Crippen LogP contribution < -0.4 is 0 Å². The molecular weight excluding hydrogens is 348 g/mol. The number of hydrogen-bond acceptors (Lipinski definition) is 3. The zero-order chi connectivity index (χ0) is 19.5. The van der Waals surface area contributed by atoms with Crippen molar-refractivity contribution in [1.29, 1.82) is 0 Å². The summed E-state index contributed by atoms with van der Waals surface area (Å²) in [6.45, 7) is 9.03. The first-order valence-electron chi connectivity index (χ1n) is 10.8. The quantitative estimate of drug-likeness (QED) is 0.771. The van der Waals surface area contributed by atoms with E-state index < -0.39 is 0 Å². The summed E-state index contributed by atoms with van der Waals surface area (Å²) in [6, 6.07) is 13.0. The van der Waals surface area contributed by atoms with Gasteiger partial charge in [0.15, 0.2) is 5.69 Å². The fourth-order valence-electron chi connectivity index (χ4n) is 4.84. The van der Waals surface area contributed by atoms with Crippen molar-refractivity contribution in [3.8, 4) is 0 Å². The van der Waals surface area contributed by atoms with Crippen LogP contribution in [0.1, 0.15) is 47.9 Å². The highest BCUT2D eigenvalue weighted by Crippen LogP contribution is 2.29. The highest BCUT2D eigenvalue weighted by atomic mass is 16.2. The van der Waals surface area contributed by atoms with E-state index in [1.807, 2.05) is 17.7 Å². The van der Waals surface area contributed by atoms with Crippen molar-refractivity contribution < 1.29 is 4.79 Å². The maximum absolute atomic E-state index is 13.2. The molecule has 3 aliphatic heterocycles. The van der Waals surface area contributed by atoms with Gasteiger partial charge in [0.1, 0.15) is 0 Å². The summed E-state index contributed by atoms with van der Waals surface area (Å²) in [5, 5.41) is 4.53. The Balaban J connectivity index is 1.38. The summed E-state index contributed by atoms with van der Waals surface area (Å²) >= 11 is 0. The molecule has 3 aliphatic rings. The lowest BCUT2D eigenvalue weighted by atomic mass is 9.94. The van der Waals surface area contributed by atoms with Crippen LogP contribution in [0.5, 0.6) is 0 Å². The largest absolute Gasteiger partial charge is 0.333 e. The van der Waals surface area contributed by atoms with Gasteiger partial charge in [-0.05, 0) is 63.6 Å². The number of amides is 1. The molecule has 150 valence electrons. The second kappa shape index (κ2) is 8.48. The van der Waals surface area contributed by atoms with Crippen molar-refractivity contribution in [3.63, 3.8) is 0 Å². The van der Waals surface area contributed by atoms with Gasteiger partial charge in [0.2, 0.25) is 0 Å². The molecule has 2 aromatic rings. The molecule has 0 radical (unpaired) electrons. The van der Waals surface area contributed by atoms with Gasteiger partial charge in [0.05, 0.1) is 0 Å². The first-order valence-corrected chi connectivity index (χ1v) is 10.8. The predicted molar refractivity (Wildman–Crippen MR) is 111 cm³/mol. The Morgan fingerprint density at radius 2 is 1.96 bits per heavy atom. The molecule has 1 aromatic carbocycles. The molecule has 5 nitrogen and oxygen atoms in total. The number of carbonyl (C=O) groups excluding carboxylic acids is 1. The third-order valence-electron chi connectivity index (χ3n) is 6.33. The number of rotatable bonds is 6. The fraction of sp³-hybridized carbons (Fsp3) is 0.565. The number of carbonyl (C=O) groups is 1. The monoisotopic (exact) mass is 380 g/mol. The van der Waals surface area contributed by atoms with Crippen LogP contribution in [0.4, 0.5) is 0 Å². The molecular formula is C23H32N4O. The summed E-state index contributed by atoms with van der Waals surface area (Å²) in [7, 11) is 0. The second-order valence-corrected chi connectivity index (χ2v) is 8.39. The molecule has 1 aromatic heterocycles. The number of aryl methyl sites for hydroxylation is 3. The number of fused-ring (bicyclic) bond motifs is 4. The molecule has 5 heteroatoms. The summed E-state index contributed by atoms with van der Waals surface area (Å²) in [6.07, 6.45) is 4.67. The highest BCUT2D eigenvalue weighted by molar-refractivity contribution is 5.92. The molecule has 0 saturated carbocycles. The Hall–Kier alpha value is -2.14. The van der Waals surface area contributed by atoms with Crippen LogP contribution in [-0.2, 0) is 13.0 Å². The fourth-order valence-corrected chi connectivity index (χ4v) is 4.84. The van der Waals surface area contributed by atoms with Gasteiger partial charge < -0.3 is 9.80 Å². The van der Waals surface area contributed by atoms with Crippen LogP contribution in [0.2, 0.25) is 0 Å². The van der Waals surface area contributed by atoms with E-state index in [4.69, 9.17) is 0 Å². The molecule has 28 heavy (non-hydrogen) atoms. The van der Waals surface area contributed by atoms with Gasteiger partial charge in [-0.15, -0.1) is 0 Å². The van der Waals surface area contributed by atoms with E-state index in [0.29, 0.717) is 17.7 Å². The van der Waals surface area contributed by atoms with E-state index in [0.717, 1.165) is 51.3 Å². The van der Waals surface area contributed by atoms with Gasteiger partial charge in [-0.3, -0.25) is 9.48 Å². The topological polar surface area (TPSA) is 41.4 Å². The molecule has 2 bridgehead atoms. The van der Waals surface area contributed by atoms with Gasteiger partial charge in [-0.1, -0.05) is 30.3 Å². The van der Waals surface area contributed by atoms with Crippen molar-refractivity contribution >= 4 is 5.91 Å².